The minimum absolute atomic E-state index is 0.327. The molecule has 0 bridgehead atoms. The topological polar surface area (TPSA) is 9.23 Å². The Morgan fingerprint density at radius 3 is 2.42 bits per heavy atom. The van der Waals surface area contributed by atoms with Gasteiger partial charge in [-0.2, -0.15) is 0 Å². The molecule has 1 nitrogen and oxygen atoms in total. The van der Waals surface area contributed by atoms with Crippen molar-refractivity contribution in [2.75, 3.05) is 7.11 Å². The first-order chi connectivity index (χ1) is 9.11. The largest absolute Gasteiger partial charge is 0.497 e. The lowest BCUT2D eigenvalue weighted by molar-refractivity contribution is 0.414. The molecule has 0 aromatic heterocycles. The summed E-state index contributed by atoms with van der Waals surface area (Å²) >= 11 is 12.3. The van der Waals surface area contributed by atoms with Gasteiger partial charge < -0.3 is 4.74 Å². The van der Waals surface area contributed by atoms with Crippen LogP contribution >= 0.6 is 23.2 Å². The van der Waals surface area contributed by atoms with Gasteiger partial charge in [-0.1, -0.05) is 29.8 Å². The number of hydrogen-bond acceptors (Lipinski definition) is 1. The van der Waals surface area contributed by atoms with Crippen LogP contribution in [0.4, 0.5) is 4.39 Å². The Labute approximate surface area is 121 Å². The molecule has 100 valence electrons. The van der Waals surface area contributed by atoms with Crippen molar-refractivity contribution >= 4 is 23.2 Å². The van der Waals surface area contributed by atoms with E-state index in [1.165, 1.54) is 6.07 Å². The maximum absolute atomic E-state index is 13.7. The second-order valence-corrected chi connectivity index (χ2v) is 5.08. The number of hydrogen-bond donors (Lipinski definition) is 0. The monoisotopic (exact) mass is 298 g/mol. The van der Waals surface area contributed by atoms with E-state index >= 15 is 0 Å². The Kier molecular flexibility index (Phi) is 4.67. The SMILES string of the molecule is COc1ccc(C(Cl)Cc2c(F)cccc2Cl)cc1. The molecule has 0 radical (unpaired) electrons. The van der Waals surface area contributed by atoms with Gasteiger partial charge in [0.25, 0.3) is 0 Å². The van der Waals surface area contributed by atoms with E-state index in [-0.39, 0.29) is 11.2 Å². The van der Waals surface area contributed by atoms with E-state index in [1.807, 2.05) is 24.3 Å². The summed E-state index contributed by atoms with van der Waals surface area (Å²) in [7, 11) is 1.60. The smallest absolute Gasteiger partial charge is 0.127 e. The summed E-state index contributed by atoms with van der Waals surface area (Å²) < 4.78 is 18.8. The molecule has 0 aliphatic carbocycles. The van der Waals surface area contributed by atoms with Gasteiger partial charge in [-0.3, -0.25) is 0 Å². The van der Waals surface area contributed by atoms with E-state index in [0.717, 1.165) is 11.3 Å². The highest BCUT2D eigenvalue weighted by Gasteiger charge is 2.14. The summed E-state index contributed by atoms with van der Waals surface area (Å²) in [5.41, 5.74) is 1.35. The Hall–Kier alpha value is -1.25. The van der Waals surface area contributed by atoms with Gasteiger partial charge in [0.2, 0.25) is 0 Å². The average Bonchev–Trinajstić information content (AvgIpc) is 2.43. The second kappa shape index (κ2) is 6.27. The number of rotatable bonds is 4. The molecule has 2 rings (SSSR count). The first-order valence-corrected chi connectivity index (χ1v) is 6.64. The van der Waals surface area contributed by atoms with Crippen molar-refractivity contribution in [1.82, 2.24) is 0 Å². The highest BCUT2D eigenvalue weighted by atomic mass is 35.5. The molecule has 0 aliphatic rings. The molecular formula is C15H13Cl2FO. The zero-order chi connectivity index (χ0) is 13.8. The molecule has 4 heteroatoms. The summed E-state index contributed by atoms with van der Waals surface area (Å²) in [6.07, 6.45) is 0.347. The van der Waals surface area contributed by atoms with Crippen molar-refractivity contribution in [3.05, 3.63) is 64.4 Å². The van der Waals surface area contributed by atoms with E-state index in [9.17, 15) is 4.39 Å². The van der Waals surface area contributed by atoms with Crippen LogP contribution in [0.2, 0.25) is 5.02 Å². The van der Waals surface area contributed by atoms with Crippen molar-refractivity contribution in [2.24, 2.45) is 0 Å². The predicted molar refractivity (Wildman–Crippen MR) is 76.7 cm³/mol. The van der Waals surface area contributed by atoms with Crippen molar-refractivity contribution in [3.8, 4) is 5.75 Å². The highest BCUT2D eigenvalue weighted by molar-refractivity contribution is 6.31. The lowest BCUT2D eigenvalue weighted by Crippen LogP contribution is -1.99. The Balaban J connectivity index is 2.18. The van der Waals surface area contributed by atoms with Gasteiger partial charge in [0.1, 0.15) is 11.6 Å². The summed E-state index contributed by atoms with van der Waals surface area (Å²) in [5, 5.41) is 0.0690. The van der Waals surface area contributed by atoms with Crippen LogP contribution in [0.5, 0.6) is 5.75 Å². The Morgan fingerprint density at radius 2 is 1.84 bits per heavy atom. The van der Waals surface area contributed by atoms with Crippen LogP contribution in [0.3, 0.4) is 0 Å². The fourth-order valence-corrected chi connectivity index (χ4v) is 2.38. The zero-order valence-corrected chi connectivity index (χ0v) is 11.9. The Morgan fingerprint density at radius 1 is 1.16 bits per heavy atom. The van der Waals surface area contributed by atoms with Crippen LogP contribution in [-0.4, -0.2) is 7.11 Å². The number of ether oxygens (including phenoxy) is 1. The van der Waals surface area contributed by atoms with Crippen molar-refractivity contribution in [3.63, 3.8) is 0 Å². The van der Waals surface area contributed by atoms with Crippen LogP contribution in [0, 0.1) is 5.82 Å². The molecule has 2 aromatic carbocycles. The van der Waals surface area contributed by atoms with Gasteiger partial charge in [-0.15, -0.1) is 11.6 Å². The van der Waals surface area contributed by atoms with Gasteiger partial charge in [0.15, 0.2) is 0 Å². The predicted octanol–water partition coefficient (Wildman–Crippen LogP) is 5.01. The number of methoxy groups -OCH3 is 1. The second-order valence-electron chi connectivity index (χ2n) is 4.15. The van der Waals surface area contributed by atoms with Crippen LogP contribution < -0.4 is 4.74 Å². The molecule has 0 saturated heterocycles. The maximum Gasteiger partial charge on any atom is 0.127 e. The zero-order valence-electron chi connectivity index (χ0n) is 10.4. The number of halogens is 3. The molecule has 0 heterocycles. The van der Waals surface area contributed by atoms with Gasteiger partial charge in [-0.05, 0) is 36.2 Å². The lowest BCUT2D eigenvalue weighted by Gasteiger charge is -2.12. The lowest BCUT2D eigenvalue weighted by atomic mass is 10.0. The standard InChI is InChI=1S/C15H13Cl2FO/c1-19-11-7-5-10(6-8-11)14(17)9-12-13(16)3-2-4-15(12)18/h2-8,14H,9H2,1H3. The summed E-state index contributed by atoms with van der Waals surface area (Å²) in [6.45, 7) is 0. The molecular weight excluding hydrogens is 286 g/mol. The number of alkyl halides is 1. The molecule has 0 spiro atoms. The average molecular weight is 299 g/mol. The van der Waals surface area contributed by atoms with Crippen molar-refractivity contribution in [2.45, 2.75) is 11.8 Å². The van der Waals surface area contributed by atoms with E-state index in [2.05, 4.69) is 0 Å². The van der Waals surface area contributed by atoms with Gasteiger partial charge in [0, 0.05) is 10.6 Å². The van der Waals surface area contributed by atoms with Crippen molar-refractivity contribution in [1.29, 1.82) is 0 Å². The summed E-state index contributed by atoms with van der Waals surface area (Å²) in [6, 6.07) is 12.0. The molecule has 0 saturated carbocycles. The Bertz CT molecular complexity index is 534. The fraction of sp³-hybridized carbons (Fsp3) is 0.200. The van der Waals surface area contributed by atoms with Crippen LogP contribution in [-0.2, 0) is 6.42 Å². The molecule has 0 fully saturated rings. The molecule has 0 amide bonds. The van der Waals surface area contributed by atoms with Crippen LogP contribution in [0.15, 0.2) is 42.5 Å². The van der Waals surface area contributed by atoms with Crippen LogP contribution in [0.25, 0.3) is 0 Å². The third-order valence-corrected chi connectivity index (χ3v) is 3.68. The van der Waals surface area contributed by atoms with E-state index in [4.69, 9.17) is 27.9 Å². The minimum Gasteiger partial charge on any atom is -0.497 e. The van der Waals surface area contributed by atoms with Gasteiger partial charge >= 0.3 is 0 Å². The van der Waals surface area contributed by atoms with Gasteiger partial charge in [0.05, 0.1) is 12.5 Å². The number of benzene rings is 2. The maximum atomic E-state index is 13.7. The third-order valence-electron chi connectivity index (χ3n) is 2.92. The third kappa shape index (κ3) is 3.40. The molecule has 1 atom stereocenters. The quantitative estimate of drug-likeness (QED) is 0.721. The molecule has 0 aliphatic heterocycles. The summed E-state index contributed by atoms with van der Waals surface area (Å²) in [4.78, 5) is 0. The van der Waals surface area contributed by atoms with Crippen LogP contribution in [0.1, 0.15) is 16.5 Å². The molecule has 2 aromatic rings. The first-order valence-electron chi connectivity index (χ1n) is 5.82. The fourth-order valence-electron chi connectivity index (χ4n) is 1.84. The van der Waals surface area contributed by atoms with E-state index in [0.29, 0.717) is 17.0 Å². The van der Waals surface area contributed by atoms with Crippen molar-refractivity contribution < 1.29 is 9.13 Å². The molecule has 1 unspecified atom stereocenters. The summed E-state index contributed by atoms with van der Waals surface area (Å²) in [5.74, 6) is 0.434. The van der Waals surface area contributed by atoms with E-state index in [1.54, 1.807) is 19.2 Å². The van der Waals surface area contributed by atoms with E-state index < -0.39 is 0 Å². The first kappa shape index (κ1) is 14.2. The minimum atomic E-state index is -0.333. The highest BCUT2D eigenvalue weighted by Crippen LogP contribution is 2.30. The normalized spacial score (nSPS) is 12.2. The molecule has 0 N–H and O–H groups in total. The molecule has 19 heavy (non-hydrogen) atoms. The van der Waals surface area contributed by atoms with Gasteiger partial charge in [-0.25, -0.2) is 4.39 Å².